The summed E-state index contributed by atoms with van der Waals surface area (Å²) in [5, 5.41) is 17.5. The van der Waals surface area contributed by atoms with Crippen LogP contribution in [0.1, 0.15) is 36.6 Å². The molecule has 7 heteroatoms. The molecule has 5 nitrogen and oxygen atoms in total. The van der Waals surface area contributed by atoms with Crippen molar-refractivity contribution in [2.45, 2.75) is 33.2 Å². The number of nitriles is 1. The lowest BCUT2D eigenvalue weighted by atomic mass is 10.1. The molecule has 26 heavy (non-hydrogen) atoms. The number of hydrogen-bond acceptors (Lipinski definition) is 3. The van der Waals surface area contributed by atoms with Crippen molar-refractivity contribution in [3.8, 4) is 6.07 Å². The van der Waals surface area contributed by atoms with Gasteiger partial charge in [0.15, 0.2) is 0 Å². The van der Waals surface area contributed by atoms with Gasteiger partial charge in [-0.3, -0.25) is 4.79 Å². The van der Waals surface area contributed by atoms with E-state index in [1.165, 1.54) is 6.08 Å². The second-order valence-corrected chi connectivity index (χ2v) is 6.65. The molecule has 1 N–H and O–H groups in total. The molecule has 0 aliphatic carbocycles. The number of amides is 1. The maximum atomic E-state index is 12.1. The molecule has 136 valence electrons. The summed E-state index contributed by atoms with van der Waals surface area (Å²) < 4.78 is 1.63. The highest BCUT2D eigenvalue weighted by atomic mass is 35.5. The fraction of sp³-hybridized carbons (Fsp3) is 0.316. The van der Waals surface area contributed by atoms with E-state index >= 15 is 0 Å². The maximum Gasteiger partial charge on any atom is 0.261 e. The lowest BCUT2D eigenvalue weighted by molar-refractivity contribution is -0.117. The fourth-order valence-corrected chi connectivity index (χ4v) is 2.78. The molecule has 0 fully saturated rings. The van der Waals surface area contributed by atoms with Crippen LogP contribution >= 0.6 is 23.2 Å². The van der Waals surface area contributed by atoms with Gasteiger partial charge in [-0.1, -0.05) is 48.7 Å². The van der Waals surface area contributed by atoms with Gasteiger partial charge in [-0.15, -0.1) is 0 Å². The van der Waals surface area contributed by atoms with Gasteiger partial charge in [0, 0.05) is 17.1 Å². The van der Waals surface area contributed by atoms with Crippen molar-refractivity contribution in [3.63, 3.8) is 0 Å². The molecular formula is C19H20Cl2N4O. The zero-order valence-corrected chi connectivity index (χ0v) is 16.2. The Hall–Kier alpha value is -2.29. The summed E-state index contributed by atoms with van der Waals surface area (Å²) in [5.74, 6) is -0.401. The van der Waals surface area contributed by atoms with Gasteiger partial charge in [-0.05, 0) is 37.1 Å². The highest BCUT2D eigenvalue weighted by Crippen LogP contribution is 2.24. The topological polar surface area (TPSA) is 70.7 Å². The summed E-state index contributed by atoms with van der Waals surface area (Å²) in [6.45, 7) is 4.83. The largest absolute Gasteiger partial charge is 0.351 e. The zero-order valence-electron chi connectivity index (χ0n) is 14.7. The number of unbranched alkanes of at least 4 members (excludes halogenated alkanes) is 1. The van der Waals surface area contributed by atoms with Crippen molar-refractivity contribution < 1.29 is 4.79 Å². The van der Waals surface area contributed by atoms with Gasteiger partial charge in [0.05, 0.1) is 12.2 Å². The number of carbonyl (C=O) groups excluding carboxylic acids is 1. The summed E-state index contributed by atoms with van der Waals surface area (Å²) in [5.41, 5.74) is 2.23. The van der Waals surface area contributed by atoms with Crippen LogP contribution in [0.25, 0.3) is 6.08 Å². The molecule has 0 aliphatic heterocycles. The predicted octanol–water partition coefficient (Wildman–Crippen LogP) is 4.37. The molecule has 2 aromatic rings. The van der Waals surface area contributed by atoms with E-state index in [0.29, 0.717) is 34.5 Å². The average molecular weight is 391 g/mol. The van der Waals surface area contributed by atoms with Gasteiger partial charge in [0.2, 0.25) is 0 Å². The second-order valence-electron chi connectivity index (χ2n) is 5.85. The molecule has 1 aromatic heterocycles. The monoisotopic (exact) mass is 390 g/mol. The van der Waals surface area contributed by atoms with Crippen molar-refractivity contribution in [1.29, 1.82) is 5.26 Å². The highest BCUT2D eigenvalue weighted by molar-refractivity contribution is 6.31. The molecule has 0 unspecified atom stereocenters. The molecule has 0 atom stereocenters. The van der Waals surface area contributed by atoms with Crippen LogP contribution in [0.3, 0.4) is 0 Å². The van der Waals surface area contributed by atoms with E-state index in [0.717, 1.165) is 18.4 Å². The molecule has 0 radical (unpaired) electrons. The van der Waals surface area contributed by atoms with E-state index in [9.17, 15) is 10.1 Å². The summed E-state index contributed by atoms with van der Waals surface area (Å²) in [4.78, 5) is 12.1. The number of carbonyl (C=O) groups is 1. The number of nitrogens with one attached hydrogen (secondary N) is 1. The van der Waals surface area contributed by atoms with Crippen molar-refractivity contribution in [3.05, 3.63) is 56.8 Å². The van der Waals surface area contributed by atoms with Gasteiger partial charge in [0.1, 0.15) is 16.8 Å². The third-order valence-corrected chi connectivity index (χ3v) is 4.48. The van der Waals surface area contributed by atoms with Crippen LogP contribution in [0.2, 0.25) is 10.2 Å². The first kappa shape index (κ1) is 20.0. The van der Waals surface area contributed by atoms with E-state index in [-0.39, 0.29) is 5.57 Å². The Balaban J connectivity index is 2.23. The van der Waals surface area contributed by atoms with E-state index in [1.807, 2.05) is 25.1 Å². The van der Waals surface area contributed by atoms with Crippen LogP contribution in [-0.4, -0.2) is 22.2 Å². The summed E-state index contributed by atoms with van der Waals surface area (Å²) in [7, 11) is 0. The number of hydrogen-bond donors (Lipinski definition) is 1. The minimum atomic E-state index is -0.401. The van der Waals surface area contributed by atoms with Crippen LogP contribution in [0.5, 0.6) is 0 Å². The van der Waals surface area contributed by atoms with E-state index in [4.69, 9.17) is 23.2 Å². The van der Waals surface area contributed by atoms with Gasteiger partial charge < -0.3 is 5.32 Å². The quantitative estimate of drug-likeness (QED) is 0.433. The van der Waals surface area contributed by atoms with Crippen LogP contribution in [-0.2, 0) is 11.3 Å². The maximum absolute atomic E-state index is 12.1. The van der Waals surface area contributed by atoms with E-state index < -0.39 is 5.91 Å². The molecule has 0 bridgehead atoms. The SMILES string of the molecule is CCCCNC(=O)/C(C#N)=C/c1c(C)nn(Cc2ccc(Cl)cc2)c1Cl. The Labute approximate surface area is 163 Å². The summed E-state index contributed by atoms with van der Waals surface area (Å²) in [6.07, 6.45) is 3.32. The minimum Gasteiger partial charge on any atom is -0.351 e. The Morgan fingerprint density at radius 1 is 1.35 bits per heavy atom. The lowest BCUT2D eigenvalue weighted by Crippen LogP contribution is -2.25. The van der Waals surface area contributed by atoms with Crippen molar-refractivity contribution in [2.24, 2.45) is 0 Å². The first-order chi connectivity index (χ1) is 12.5. The van der Waals surface area contributed by atoms with Gasteiger partial charge in [-0.25, -0.2) is 4.68 Å². The molecule has 0 aliphatic rings. The Morgan fingerprint density at radius 3 is 2.65 bits per heavy atom. The van der Waals surface area contributed by atoms with Gasteiger partial charge >= 0.3 is 0 Å². The average Bonchev–Trinajstić information content (AvgIpc) is 2.88. The smallest absolute Gasteiger partial charge is 0.261 e. The summed E-state index contributed by atoms with van der Waals surface area (Å²) >= 11 is 12.3. The first-order valence-electron chi connectivity index (χ1n) is 8.33. The Kier molecular flexibility index (Phi) is 7.26. The molecule has 0 spiro atoms. The van der Waals surface area contributed by atoms with Crippen molar-refractivity contribution in [2.75, 3.05) is 6.54 Å². The molecule has 0 saturated heterocycles. The van der Waals surface area contributed by atoms with Crippen LogP contribution in [0.15, 0.2) is 29.8 Å². The Bertz CT molecular complexity index is 848. The molecule has 1 heterocycles. The van der Waals surface area contributed by atoms with E-state index in [1.54, 1.807) is 23.7 Å². The fourth-order valence-electron chi connectivity index (χ4n) is 2.37. The first-order valence-corrected chi connectivity index (χ1v) is 9.09. The Morgan fingerprint density at radius 2 is 2.04 bits per heavy atom. The molecule has 2 rings (SSSR count). The number of nitrogens with zero attached hydrogens (tertiary/aromatic N) is 3. The van der Waals surface area contributed by atoms with Crippen LogP contribution in [0.4, 0.5) is 0 Å². The number of halogens is 2. The highest BCUT2D eigenvalue weighted by Gasteiger charge is 2.15. The third kappa shape index (κ3) is 5.10. The molecular weight excluding hydrogens is 371 g/mol. The van der Waals surface area contributed by atoms with Crippen molar-refractivity contribution >= 4 is 35.2 Å². The normalized spacial score (nSPS) is 11.3. The second kappa shape index (κ2) is 9.42. The van der Waals surface area contributed by atoms with Gasteiger partial charge in [-0.2, -0.15) is 10.4 Å². The van der Waals surface area contributed by atoms with Gasteiger partial charge in [0.25, 0.3) is 5.91 Å². The van der Waals surface area contributed by atoms with Crippen LogP contribution < -0.4 is 5.32 Å². The number of aromatic nitrogens is 2. The lowest BCUT2D eigenvalue weighted by Gasteiger charge is -2.04. The number of aryl methyl sites for hydroxylation is 1. The third-order valence-electron chi connectivity index (χ3n) is 3.82. The standard InChI is InChI=1S/C19H20Cl2N4O/c1-3-4-9-23-19(26)15(11-22)10-17-13(2)24-25(18(17)21)12-14-5-7-16(20)8-6-14/h5-8,10H,3-4,9,12H2,1-2H3,(H,23,26)/b15-10+. The van der Waals surface area contributed by atoms with Crippen LogP contribution in [0, 0.1) is 18.3 Å². The van der Waals surface area contributed by atoms with E-state index in [2.05, 4.69) is 10.4 Å². The molecule has 0 saturated carbocycles. The zero-order chi connectivity index (χ0) is 19.1. The summed E-state index contributed by atoms with van der Waals surface area (Å²) in [6, 6.07) is 9.33. The molecule has 1 amide bonds. The van der Waals surface area contributed by atoms with Crippen molar-refractivity contribution in [1.82, 2.24) is 15.1 Å². The number of benzene rings is 1. The number of rotatable bonds is 7. The predicted molar refractivity (Wildman–Crippen MR) is 104 cm³/mol. The molecule has 1 aromatic carbocycles. The minimum absolute atomic E-state index is 0.0112.